The monoisotopic (exact) mass is 457 g/mol. The Morgan fingerprint density at radius 1 is 1.16 bits per heavy atom. The molecule has 1 fully saturated rings. The minimum Gasteiger partial charge on any atom is -0.447 e. The van der Waals surface area contributed by atoms with Gasteiger partial charge in [-0.3, -0.25) is 9.69 Å². The first-order chi connectivity index (χ1) is 15.6. The summed E-state index contributed by atoms with van der Waals surface area (Å²) in [7, 11) is 0. The van der Waals surface area contributed by atoms with Crippen LogP contribution >= 0.6 is 11.6 Å². The summed E-state index contributed by atoms with van der Waals surface area (Å²) in [4.78, 5) is 18.8. The van der Waals surface area contributed by atoms with E-state index in [4.69, 9.17) is 20.8 Å². The lowest BCUT2D eigenvalue weighted by molar-refractivity contribution is 0.0853. The zero-order valence-corrected chi connectivity index (χ0v) is 18.4. The molecule has 2 aromatic carbocycles. The molecular weight excluding hydrogens is 433 g/mol. The molecule has 0 aliphatic carbocycles. The van der Waals surface area contributed by atoms with Crippen LogP contribution in [0.1, 0.15) is 40.3 Å². The van der Waals surface area contributed by atoms with Gasteiger partial charge in [-0.2, -0.15) is 0 Å². The molecule has 0 spiro atoms. The highest BCUT2D eigenvalue weighted by atomic mass is 35.5. The molecule has 6 nitrogen and oxygen atoms in total. The van der Waals surface area contributed by atoms with Crippen LogP contribution in [0.3, 0.4) is 0 Å². The first-order valence-electron chi connectivity index (χ1n) is 10.6. The van der Waals surface area contributed by atoms with Crippen molar-refractivity contribution in [3.8, 4) is 0 Å². The number of benzene rings is 2. The fraction of sp³-hybridized carbons (Fsp3) is 0.333. The van der Waals surface area contributed by atoms with Gasteiger partial charge in [-0.15, -0.1) is 0 Å². The summed E-state index contributed by atoms with van der Waals surface area (Å²) in [6, 6.07) is 14.0. The van der Waals surface area contributed by atoms with E-state index in [2.05, 4.69) is 15.2 Å². The maximum atomic E-state index is 13.3. The summed E-state index contributed by atoms with van der Waals surface area (Å²) in [6.07, 6.45) is 3.40. The molecule has 0 bridgehead atoms. The van der Waals surface area contributed by atoms with Gasteiger partial charge in [0, 0.05) is 31.3 Å². The van der Waals surface area contributed by atoms with Gasteiger partial charge in [0.2, 0.25) is 5.89 Å². The predicted molar refractivity (Wildman–Crippen MR) is 119 cm³/mol. The molecule has 1 atom stereocenters. The number of oxazole rings is 1. The van der Waals surface area contributed by atoms with Crippen LogP contribution in [0.25, 0.3) is 0 Å². The van der Waals surface area contributed by atoms with Gasteiger partial charge in [0.1, 0.15) is 12.1 Å². The second-order valence-electron chi connectivity index (χ2n) is 7.83. The van der Waals surface area contributed by atoms with E-state index in [1.54, 1.807) is 12.1 Å². The Hall–Kier alpha value is -2.74. The third-order valence-electron chi connectivity index (χ3n) is 5.33. The van der Waals surface area contributed by atoms with Crippen LogP contribution in [-0.4, -0.2) is 35.0 Å². The fourth-order valence-electron chi connectivity index (χ4n) is 3.66. The molecule has 3 aromatic rings. The molecule has 4 rings (SSSR count). The van der Waals surface area contributed by atoms with Gasteiger partial charge in [0.05, 0.1) is 12.6 Å². The number of carbonyl (C=O) groups excluding carboxylic acids is 1. The van der Waals surface area contributed by atoms with E-state index in [0.717, 1.165) is 30.6 Å². The van der Waals surface area contributed by atoms with E-state index in [9.17, 15) is 9.18 Å². The molecule has 1 saturated heterocycles. The third-order valence-corrected chi connectivity index (χ3v) is 5.70. The summed E-state index contributed by atoms with van der Waals surface area (Å²) in [5.74, 6) is -0.147. The molecule has 0 radical (unpaired) electrons. The van der Waals surface area contributed by atoms with Crippen molar-refractivity contribution in [2.75, 3.05) is 13.2 Å². The van der Waals surface area contributed by atoms with Gasteiger partial charge >= 0.3 is 0 Å². The topological polar surface area (TPSA) is 67.6 Å². The second kappa shape index (κ2) is 10.7. The van der Waals surface area contributed by atoms with Gasteiger partial charge in [0.15, 0.2) is 5.69 Å². The number of aromatic nitrogens is 1. The van der Waals surface area contributed by atoms with Crippen molar-refractivity contribution < 1.29 is 18.3 Å². The second-order valence-corrected chi connectivity index (χ2v) is 8.24. The van der Waals surface area contributed by atoms with Gasteiger partial charge in [-0.05, 0) is 42.2 Å². The van der Waals surface area contributed by atoms with Crippen molar-refractivity contribution in [3.63, 3.8) is 0 Å². The summed E-state index contributed by atoms with van der Waals surface area (Å²) < 4.78 is 24.4. The Bertz CT molecular complexity index is 1030. The van der Waals surface area contributed by atoms with E-state index in [0.29, 0.717) is 37.1 Å². The van der Waals surface area contributed by atoms with Crippen molar-refractivity contribution in [2.24, 2.45) is 0 Å². The zero-order chi connectivity index (χ0) is 22.3. The summed E-state index contributed by atoms with van der Waals surface area (Å²) in [5, 5.41) is 3.51. The van der Waals surface area contributed by atoms with Crippen molar-refractivity contribution in [3.05, 3.63) is 88.3 Å². The Kier molecular flexibility index (Phi) is 7.52. The van der Waals surface area contributed by atoms with Crippen LogP contribution in [-0.2, 0) is 24.4 Å². The molecule has 168 valence electrons. The fourth-order valence-corrected chi connectivity index (χ4v) is 3.86. The maximum Gasteiger partial charge on any atom is 0.273 e. The summed E-state index contributed by atoms with van der Waals surface area (Å²) >= 11 is 6.35. The highest BCUT2D eigenvalue weighted by Gasteiger charge is 2.19. The Morgan fingerprint density at radius 3 is 2.72 bits per heavy atom. The minimum atomic E-state index is -0.285. The van der Waals surface area contributed by atoms with Crippen LogP contribution in [0.5, 0.6) is 0 Å². The largest absolute Gasteiger partial charge is 0.447 e. The summed E-state index contributed by atoms with van der Waals surface area (Å²) in [5.41, 5.74) is 2.13. The SMILES string of the molecule is O=C(NC[C@@H]1CCCO1)c1coc(CN(Cc2ccc(F)cc2)Cc2ccccc2Cl)n1. The Labute approximate surface area is 191 Å². The average Bonchev–Trinajstić information content (AvgIpc) is 3.47. The molecular formula is C24H25ClFN3O3. The Balaban J connectivity index is 1.43. The lowest BCUT2D eigenvalue weighted by atomic mass is 10.1. The number of nitrogens with one attached hydrogen (secondary N) is 1. The first kappa shape index (κ1) is 22.5. The number of hydrogen-bond acceptors (Lipinski definition) is 5. The zero-order valence-electron chi connectivity index (χ0n) is 17.6. The lowest BCUT2D eigenvalue weighted by Crippen LogP contribution is -2.32. The standard InChI is InChI=1S/C24H25ClFN3O3/c25-21-6-2-1-4-18(21)14-29(13-17-7-9-19(26)10-8-17)15-23-28-22(16-32-23)24(30)27-12-20-5-3-11-31-20/h1-2,4,6-10,16,20H,3,5,11-15H2,(H,27,30)/t20-/m0/s1. The quantitative estimate of drug-likeness (QED) is 0.509. The van der Waals surface area contributed by atoms with Crippen molar-refractivity contribution in [2.45, 2.75) is 38.6 Å². The van der Waals surface area contributed by atoms with Gasteiger partial charge in [-0.25, -0.2) is 9.37 Å². The van der Waals surface area contributed by atoms with Crippen molar-refractivity contribution in [1.82, 2.24) is 15.2 Å². The molecule has 1 amide bonds. The molecule has 1 aliphatic rings. The molecule has 1 aromatic heterocycles. The number of nitrogens with zero attached hydrogens (tertiary/aromatic N) is 2. The predicted octanol–water partition coefficient (Wildman–Crippen LogP) is 4.58. The molecule has 0 unspecified atom stereocenters. The van der Waals surface area contributed by atoms with E-state index >= 15 is 0 Å². The van der Waals surface area contributed by atoms with E-state index in [1.807, 2.05) is 24.3 Å². The highest BCUT2D eigenvalue weighted by Crippen LogP contribution is 2.20. The highest BCUT2D eigenvalue weighted by molar-refractivity contribution is 6.31. The molecule has 8 heteroatoms. The van der Waals surface area contributed by atoms with Gasteiger partial charge < -0.3 is 14.5 Å². The smallest absolute Gasteiger partial charge is 0.273 e. The van der Waals surface area contributed by atoms with Crippen LogP contribution in [0.2, 0.25) is 5.02 Å². The normalized spacial score (nSPS) is 15.9. The number of carbonyl (C=O) groups is 1. The number of amides is 1. The lowest BCUT2D eigenvalue weighted by Gasteiger charge is -2.21. The van der Waals surface area contributed by atoms with E-state index in [1.165, 1.54) is 18.4 Å². The third kappa shape index (κ3) is 6.16. The number of rotatable bonds is 9. The number of ether oxygens (including phenoxy) is 1. The summed E-state index contributed by atoms with van der Waals surface area (Å²) in [6.45, 7) is 2.64. The van der Waals surface area contributed by atoms with Gasteiger partial charge in [-0.1, -0.05) is 41.9 Å². The van der Waals surface area contributed by atoms with Crippen molar-refractivity contribution >= 4 is 17.5 Å². The van der Waals surface area contributed by atoms with Crippen LogP contribution in [0.15, 0.2) is 59.2 Å². The molecule has 0 saturated carbocycles. The van der Waals surface area contributed by atoms with Gasteiger partial charge in [0.25, 0.3) is 5.91 Å². The molecule has 32 heavy (non-hydrogen) atoms. The first-order valence-corrected chi connectivity index (χ1v) is 11.0. The number of halogens is 2. The molecule has 1 N–H and O–H groups in total. The molecule has 2 heterocycles. The maximum absolute atomic E-state index is 13.3. The van der Waals surface area contributed by atoms with Crippen LogP contribution < -0.4 is 5.32 Å². The molecule has 1 aliphatic heterocycles. The Morgan fingerprint density at radius 2 is 1.97 bits per heavy atom. The number of hydrogen-bond donors (Lipinski definition) is 1. The van der Waals surface area contributed by atoms with Crippen molar-refractivity contribution in [1.29, 1.82) is 0 Å². The minimum absolute atomic E-state index is 0.0622. The van der Waals surface area contributed by atoms with Crippen LogP contribution in [0.4, 0.5) is 4.39 Å². The van der Waals surface area contributed by atoms with Crippen LogP contribution in [0, 0.1) is 5.82 Å². The van der Waals surface area contributed by atoms with E-state index in [-0.39, 0.29) is 23.5 Å². The average molecular weight is 458 g/mol. The van der Waals surface area contributed by atoms with E-state index < -0.39 is 0 Å².